The highest BCUT2D eigenvalue weighted by Crippen LogP contribution is 2.36. The maximum atomic E-state index is 11.0. The van der Waals surface area contributed by atoms with Gasteiger partial charge in [-0.1, -0.05) is 26.8 Å². The van der Waals surface area contributed by atoms with Gasteiger partial charge in [-0.2, -0.15) is 0 Å². The first kappa shape index (κ1) is 15.4. The number of esters is 1. The van der Waals surface area contributed by atoms with Crippen LogP contribution in [0.3, 0.4) is 0 Å². The van der Waals surface area contributed by atoms with Crippen molar-refractivity contribution >= 4 is 14.3 Å². The standard InChI is InChI=1S/C12H24O3Si/c1-7-8-11(13)14-9-10-15-16(5,6)12(2,3)4/h7-8H,9-10H2,1-6H3/b8-7+. The van der Waals surface area contributed by atoms with Crippen LogP contribution >= 0.6 is 0 Å². The second kappa shape index (κ2) is 6.20. The third-order valence-corrected chi connectivity index (χ3v) is 7.44. The molecule has 0 bridgehead atoms. The largest absolute Gasteiger partial charge is 0.460 e. The van der Waals surface area contributed by atoms with Crippen LogP contribution in [0.25, 0.3) is 0 Å². The van der Waals surface area contributed by atoms with E-state index in [2.05, 4.69) is 33.9 Å². The van der Waals surface area contributed by atoms with E-state index in [9.17, 15) is 4.79 Å². The van der Waals surface area contributed by atoms with Crippen LogP contribution < -0.4 is 0 Å². The molecule has 0 aromatic rings. The predicted molar refractivity (Wildman–Crippen MR) is 68.9 cm³/mol. The number of rotatable bonds is 5. The van der Waals surface area contributed by atoms with E-state index in [4.69, 9.17) is 9.16 Å². The van der Waals surface area contributed by atoms with Crippen LogP contribution in [-0.4, -0.2) is 27.5 Å². The molecule has 16 heavy (non-hydrogen) atoms. The van der Waals surface area contributed by atoms with E-state index in [1.807, 2.05) is 0 Å². The number of ether oxygens (including phenoxy) is 1. The van der Waals surface area contributed by atoms with Crippen LogP contribution in [0.15, 0.2) is 12.2 Å². The third kappa shape index (κ3) is 5.46. The Hall–Kier alpha value is -0.613. The molecule has 94 valence electrons. The molecule has 0 saturated heterocycles. The van der Waals surface area contributed by atoms with Crippen molar-refractivity contribution in [3.63, 3.8) is 0 Å². The summed E-state index contributed by atoms with van der Waals surface area (Å²) in [6.07, 6.45) is 3.07. The maximum absolute atomic E-state index is 11.0. The van der Waals surface area contributed by atoms with Gasteiger partial charge < -0.3 is 9.16 Å². The van der Waals surface area contributed by atoms with Gasteiger partial charge in [0.25, 0.3) is 0 Å². The molecule has 0 N–H and O–H groups in total. The third-order valence-electron chi connectivity index (χ3n) is 2.90. The summed E-state index contributed by atoms with van der Waals surface area (Å²) in [6.45, 7) is 13.5. The first-order valence-corrected chi connectivity index (χ1v) is 8.55. The Labute approximate surface area is 100.0 Å². The lowest BCUT2D eigenvalue weighted by atomic mass is 10.2. The minimum absolute atomic E-state index is 0.195. The molecular formula is C12H24O3Si. The Morgan fingerprint density at radius 3 is 2.25 bits per heavy atom. The Bertz CT molecular complexity index is 251. The summed E-state index contributed by atoms with van der Waals surface area (Å²) >= 11 is 0. The van der Waals surface area contributed by atoms with E-state index >= 15 is 0 Å². The lowest BCUT2D eigenvalue weighted by Gasteiger charge is -2.36. The van der Waals surface area contributed by atoms with E-state index in [1.165, 1.54) is 6.08 Å². The van der Waals surface area contributed by atoms with Gasteiger partial charge in [0.1, 0.15) is 6.61 Å². The highest BCUT2D eigenvalue weighted by Gasteiger charge is 2.36. The quantitative estimate of drug-likeness (QED) is 0.322. The van der Waals surface area contributed by atoms with Crippen molar-refractivity contribution in [3.8, 4) is 0 Å². The Balaban J connectivity index is 3.87. The molecule has 0 aliphatic rings. The van der Waals surface area contributed by atoms with Crippen molar-refractivity contribution in [2.24, 2.45) is 0 Å². The van der Waals surface area contributed by atoms with Crippen LogP contribution in [0.4, 0.5) is 0 Å². The summed E-state index contributed by atoms with van der Waals surface area (Å²) in [5.74, 6) is -0.304. The summed E-state index contributed by atoms with van der Waals surface area (Å²) in [5, 5.41) is 0.195. The number of hydrogen-bond acceptors (Lipinski definition) is 3. The maximum Gasteiger partial charge on any atom is 0.330 e. The van der Waals surface area contributed by atoms with Crippen LogP contribution in [0.2, 0.25) is 18.1 Å². The average molecular weight is 244 g/mol. The first-order chi connectivity index (χ1) is 7.20. The van der Waals surface area contributed by atoms with E-state index < -0.39 is 8.32 Å². The van der Waals surface area contributed by atoms with Crippen molar-refractivity contribution < 1.29 is 14.0 Å². The molecule has 0 unspecified atom stereocenters. The van der Waals surface area contributed by atoms with Crippen molar-refractivity contribution in [1.82, 2.24) is 0 Å². The molecule has 0 radical (unpaired) electrons. The SMILES string of the molecule is C/C=C/C(=O)OCCO[Si](C)(C)C(C)(C)C. The van der Waals surface area contributed by atoms with E-state index in [0.29, 0.717) is 13.2 Å². The topological polar surface area (TPSA) is 35.5 Å². The minimum atomic E-state index is -1.70. The molecule has 0 atom stereocenters. The normalized spacial score (nSPS) is 13.1. The predicted octanol–water partition coefficient (Wildman–Crippen LogP) is 3.13. The summed E-state index contributed by atoms with van der Waals surface area (Å²) in [4.78, 5) is 11.0. The molecule has 3 nitrogen and oxygen atoms in total. The van der Waals surface area contributed by atoms with Crippen molar-refractivity contribution in [3.05, 3.63) is 12.2 Å². The Morgan fingerprint density at radius 2 is 1.81 bits per heavy atom. The van der Waals surface area contributed by atoms with Gasteiger partial charge in [0.15, 0.2) is 8.32 Å². The highest BCUT2D eigenvalue weighted by molar-refractivity contribution is 6.74. The van der Waals surface area contributed by atoms with Gasteiger partial charge in [0.2, 0.25) is 0 Å². The second-order valence-corrected chi connectivity index (χ2v) is 10.1. The number of allylic oxidation sites excluding steroid dienone is 1. The fraction of sp³-hybridized carbons (Fsp3) is 0.750. The lowest BCUT2D eigenvalue weighted by molar-refractivity contribution is -0.138. The number of carbonyl (C=O) groups excluding carboxylic acids is 1. The van der Waals surface area contributed by atoms with Crippen molar-refractivity contribution in [2.75, 3.05) is 13.2 Å². The average Bonchev–Trinajstić information content (AvgIpc) is 2.11. The van der Waals surface area contributed by atoms with Gasteiger partial charge in [-0.3, -0.25) is 0 Å². The van der Waals surface area contributed by atoms with Gasteiger partial charge >= 0.3 is 5.97 Å². The molecule has 0 aliphatic carbocycles. The monoisotopic (exact) mass is 244 g/mol. The molecule has 0 aliphatic heterocycles. The molecule has 0 heterocycles. The van der Waals surface area contributed by atoms with Crippen molar-refractivity contribution in [2.45, 2.75) is 45.8 Å². The second-order valence-electron chi connectivity index (χ2n) is 5.28. The zero-order valence-electron chi connectivity index (χ0n) is 11.3. The molecule has 0 saturated carbocycles. The first-order valence-electron chi connectivity index (χ1n) is 5.64. The van der Waals surface area contributed by atoms with Crippen LogP contribution in [0.1, 0.15) is 27.7 Å². The molecular weight excluding hydrogens is 220 g/mol. The highest BCUT2D eigenvalue weighted by atomic mass is 28.4. The molecule has 0 aromatic carbocycles. The van der Waals surface area contributed by atoms with Gasteiger partial charge in [-0.05, 0) is 25.1 Å². The molecule has 0 spiro atoms. The van der Waals surface area contributed by atoms with Crippen LogP contribution in [0, 0.1) is 0 Å². The Kier molecular flexibility index (Phi) is 5.97. The smallest absolute Gasteiger partial charge is 0.330 e. The van der Waals surface area contributed by atoms with Crippen LogP contribution in [-0.2, 0) is 14.0 Å². The van der Waals surface area contributed by atoms with E-state index in [-0.39, 0.29) is 11.0 Å². The Morgan fingerprint density at radius 1 is 1.25 bits per heavy atom. The fourth-order valence-electron chi connectivity index (χ4n) is 0.840. The molecule has 4 heteroatoms. The van der Waals surface area contributed by atoms with Crippen molar-refractivity contribution in [1.29, 1.82) is 0 Å². The summed E-state index contributed by atoms with van der Waals surface area (Å²) in [7, 11) is -1.70. The summed E-state index contributed by atoms with van der Waals surface area (Å²) < 4.78 is 10.8. The van der Waals surface area contributed by atoms with Gasteiger partial charge in [-0.25, -0.2) is 4.79 Å². The number of hydrogen-bond donors (Lipinski definition) is 0. The molecule has 0 aromatic heterocycles. The molecule has 0 amide bonds. The fourth-order valence-corrected chi connectivity index (χ4v) is 1.87. The van der Waals surface area contributed by atoms with Gasteiger partial charge in [0, 0.05) is 6.08 Å². The summed E-state index contributed by atoms with van der Waals surface area (Å²) in [6, 6.07) is 0. The van der Waals surface area contributed by atoms with Crippen LogP contribution in [0.5, 0.6) is 0 Å². The van der Waals surface area contributed by atoms with Gasteiger partial charge in [0.05, 0.1) is 6.61 Å². The number of carbonyl (C=O) groups is 1. The van der Waals surface area contributed by atoms with Gasteiger partial charge in [-0.15, -0.1) is 0 Å². The molecule has 0 rings (SSSR count). The lowest BCUT2D eigenvalue weighted by Crippen LogP contribution is -2.41. The van der Waals surface area contributed by atoms with E-state index in [0.717, 1.165) is 0 Å². The minimum Gasteiger partial charge on any atom is -0.460 e. The zero-order valence-corrected chi connectivity index (χ0v) is 12.3. The molecule has 0 fully saturated rings. The zero-order chi connectivity index (χ0) is 12.8. The van der Waals surface area contributed by atoms with E-state index in [1.54, 1.807) is 13.0 Å². The summed E-state index contributed by atoms with van der Waals surface area (Å²) in [5.41, 5.74) is 0.